The van der Waals surface area contributed by atoms with E-state index in [2.05, 4.69) is 4.98 Å². The minimum Gasteiger partial charge on any atom is -0.329 e. The second-order valence-corrected chi connectivity index (χ2v) is 5.72. The molecular formula is C14H17F2N3S. The monoisotopic (exact) mass is 297 g/mol. The predicted octanol–water partition coefficient (Wildman–Crippen LogP) is 2.86. The summed E-state index contributed by atoms with van der Waals surface area (Å²) >= 11 is 1.55. The van der Waals surface area contributed by atoms with Crippen molar-refractivity contribution in [2.75, 3.05) is 13.6 Å². The van der Waals surface area contributed by atoms with E-state index in [0.29, 0.717) is 6.54 Å². The summed E-state index contributed by atoms with van der Waals surface area (Å²) in [5, 5.41) is 2.91. The molecule has 0 fully saturated rings. The number of halogens is 2. The molecule has 0 saturated carbocycles. The molecule has 1 unspecified atom stereocenters. The van der Waals surface area contributed by atoms with Crippen molar-refractivity contribution in [3.63, 3.8) is 0 Å². The Kier molecular flexibility index (Phi) is 4.80. The number of benzene rings is 1. The Morgan fingerprint density at radius 2 is 2.00 bits per heavy atom. The van der Waals surface area contributed by atoms with E-state index in [0.717, 1.165) is 10.7 Å². The number of nitrogens with zero attached hydrogens (tertiary/aromatic N) is 2. The Morgan fingerprint density at radius 3 is 2.50 bits per heavy atom. The standard InChI is InChI=1S/C14H17F2N3S/c1-9-18-10(8-20-9)7-19(2)13(6-17)14-11(15)4-3-5-12(14)16/h3-5,8,13H,6-7,17H2,1-2H3. The van der Waals surface area contributed by atoms with E-state index in [1.807, 2.05) is 17.2 Å². The van der Waals surface area contributed by atoms with Crippen LogP contribution in [0.15, 0.2) is 23.6 Å². The molecular weight excluding hydrogens is 280 g/mol. The van der Waals surface area contributed by atoms with Crippen molar-refractivity contribution in [1.29, 1.82) is 0 Å². The van der Waals surface area contributed by atoms with Crippen LogP contribution in [0, 0.1) is 18.6 Å². The topological polar surface area (TPSA) is 42.2 Å². The third-order valence-corrected chi connectivity index (χ3v) is 3.99. The van der Waals surface area contributed by atoms with Crippen LogP contribution >= 0.6 is 11.3 Å². The minimum atomic E-state index is -0.568. The first-order chi connectivity index (χ1) is 9.52. The van der Waals surface area contributed by atoms with Gasteiger partial charge in [0.25, 0.3) is 0 Å². The van der Waals surface area contributed by atoms with Crippen molar-refractivity contribution in [2.24, 2.45) is 5.73 Å². The molecule has 0 spiro atoms. The highest BCUT2D eigenvalue weighted by atomic mass is 32.1. The van der Waals surface area contributed by atoms with Crippen LogP contribution in [0.2, 0.25) is 0 Å². The van der Waals surface area contributed by atoms with Gasteiger partial charge in [0.2, 0.25) is 0 Å². The van der Waals surface area contributed by atoms with Gasteiger partial charge in [-0.25, -0.2) is 13.8 Å². The minimum absolute atomic E-state index is 0.0180. The van der Waals surface area contributed by atoms with Gasteiger partial charge in [0.05, 0.1) is 16.7 Å². The highest BCUT2D eigenvalue weighted by Gasteiger charge is 2.23. The van der Waals surface area contributed by atoms with Gasteiger partial charge in [-0.15, -0.1) is 11.3 Å². The average Bonchev–Trinajstić information content (AvgIpc) is 2.79. The molecule has 3 nitrogen and oxygen atoms in total. The lowest BCUT2D eigenvalue weighted by molar-refractivity contribution is 0.229. The van der Waals surface area contributed by atoms with Gasteiger partial charge in [-0.05, 0) is 26.1 Å². The zero-order valence-corrected chi connectivity index (χ0v) is 12.3. The third-order valence-electron chi connectivity index (χ3n) is 3.17. The summed E-state index contributed by atoms with van der Waals surface area (Å²) in [5.41, 5.74) is 6.61. The van der Waals surface area contributed by atoms with Crippen LogP contribution in [0.25, 0.3) is 0 Å². The maximum atomic E-state index is 13.9. The first-order valence-corrected chi connectivity index (χ1v) is 7.16. The van der Waals surface area contributed by atoms with Gasteiger partial charge in [-0.2, -0.15) is 0 Å². The molecule has 0 aliphatic heterocycles. The number of likely N-dealkylation sites (N-methyl/N-ethyl adjacent to an activating group) is 1. The van der Waals surface area contributed by atoms with Crippen molar-refractivity contribution in [2.45, 2.75) is 19.5 Å². The van der Waals surface area contributed by atoms with Crippen LogP contribution in [-0.2, 0) is 6.54 Å². The van der Waals surface area contributed by atoms with Crippen molar-refractivity contribution in [3.05, 3.63) is 51.5 Å². The number of aryl methyl sites for hydroxylation is 1. The number of thiazole rings is 1. The van der Waals surface area contributed by atoms with E-state index in [9.17, 15) is 8.78 Å². The summed E-state index contributed by atoms with van der Waals surface area (Å²) in [4.78, 5) is 6.17. The van der Waals surface area contributed by atoms with E-state index < -0.39 is 17.7 Å². The van der Waals surface area contributed by atoms with Gasteiger partial charge < -0.3 is 5.73 Å². The largest absolute Gasteiger partial charge is 0.329 e. The molecule has 2 N–H and O–H groups in total. The molecule has 0 bridgehead atoms. The highest BCUT2D eigenvalue weighted by Crippen LogP contribution is 2.25. The van der Waals surface area contributed by atoms with Crippen LogP contribution < -0.4 is 5.73 Å². The smallest absolute Gasteiger partial charge is 0.130 e. The van der Waals surface area contributed by atoms with Crippen LogP contribution in [-0.4, -0.2) is 23.5 Å². The Bertz CT molecular complexity index is 565. The Morgan fingerprint density at radius 1 is 1.35 bits per heavy atom. The average molecular weight is 297 g/mol. The molecule has 20 heavy (non-hydrogen) atoms. The molecule has 1 aromatic carbocycles. The van der Waals surface area contributed by atoms with Crippen LogP contribution in [0.4, 0.5) is 8.78 Å². The Balaban J connectivity index is 2.23. The number of rotatable bonds is 5. The summed E-state index contributed by atoms with van der Waals surface area (Å²) < 4.78 is 27.7. The molecule has 1 atom stereocenters. The lowest BCUT2D eigenvalue weighted by Gasteiger charge is -2.27. The zero-order valence-electron chi connectivity index (χ0n) is 11.4. The number of aromatic nitrogens is 1. The van der Waals surface area contributed by atoms with E-state index in [1.54, 1.807) is 18.4 Å². The lowest BCUT2D eigenvalue weighted by atomic mass is 10.0. The van der Waals surface area contributed by atoms with Gasteiger partial charge in [0, 0.05) is 24.0 Å². The molecule has 1 heterocycles. The Hall–Kier alpha value is -1.37. The van der Waals surface area contributed by atoms with Crippen molar-refractivity contribution in [3.8, 4) is 0 Å². The summed E-state index contributed by atoms with van der Waals surface area (Å²) in [6.45, 7) is 2.56. The predicted molar refractivity (Wildman–Crippen MR) is 76.5 cm³/mol. The molecule has 0 aliphatic rings. The molecule has 0 saturated heterocycles. The van der Waals surface area contributed by atoms with E-state index in [1.165, 1.54) is 18.2 Å². The zero-order chi connectivity index (χ0) is 14.7. The fourth-order valence-corrected chi connectivity index (χ4v) is 2.80. The van der Waals surface area contributed by atoms with Crippen molar-refractivity contribution in [1.82, 2.24) is 9.88 Å². The lowest BCUT2D eigenvalue weighted by Crippen LogP contribution is -2.31. The maximum absolute atomic E-state index is 13.9. The van der Waals surface area contributed by atoms with E-state index in [-0.39, 0.29) is 12.1 Å². The summed E-state index contributed by atoms with van der Waals surface area (Å²) in [7, 11) is 1.79. The van der Waals surface area contributed by atoms with Crippen LogP contribution in [0.3, 0.4) is 0 Å². The van der Waals surface area contributed by atoms with E-state index in [4.69, 9.17) is 5.73 Å². The molecule has 6 heteroatoms. The molecule has 1 aromatic heterocycles. The Labute approximate surface area is 121 Å². The second-order valence-electron chi connectivity index (χ2n) is 4.66. The van der Waals surface area contributed by atoms with E-state index >= 15 is 0 Å². The SMILES string of the molecule is Cc1nc(CN(C)C(CN)c2c(F)cccc2F)cs1. The quantitative estimate of drug-likeness (QED) is 0.922. The molecule has 2 rings (SSSR count). The fourth-order valence-electron chi connectivity index (χ4n) is 2.19. The van der Waals surface area contributed by atoms with Gasteiger partial charge in [0.15, 0.2) is 0 Å². The molecule has 0 radical (unpaired) electrons. The summed E-state index contributed by atoms with van der Waals surface area (Å²) in [6, 6.07) is 3.34. The van der Waals surface area contributed by atoms with Crippen molar-refractivity contribution < 1.29 is 8.78 Å². The number of hydrogen-bond donors (Lipinski definition) is 1. The van der Waals surface area contributed by atoms with Crippen molar-refractivity contribution >= 4 is 11.3 Å². The molecule has 2 aromatic rings. The maximum Gasteiger partial charge on any atom is 0.130 e. The van der Waals surface area contributed by atoms with Gasteiger partial charge in [-0.1, -0.05) is 6.07 Å². The highest BCUT2D eigenvalue weighted by molar-refractivity contribution is 7.09. The normalized spacial score (nSPS) is 12.9. The third kappa shape index (κ3) is 3.20. The van der Waals surface area contributed by atoms with Crippen LogP contribution in [0.5, 0.6) is 0 Å². The summed E-state index contributed by atoms with van der Waals surface area (Å²) in [5.74, 6) is -1.14. The first kappa shape index (κ1) is 15.0. The molecule has 108 valence electrons. The van der Waals surface area contributed by atoms with Gasteiger partial charge >= 0.3 is 0 Å². The van der Waals surface area contributed by atoms with Gasteiger partial charge in [0.1, 0.15) is 11.6 Å². The fraction of sp³-hybridized carbons (Fsp3) is 0.357. The number of nitrogens with two attached hydrogens (primary N) is 1. The number of hydrogen-bond acceptors (Lipinski definition) is 4. The van der Waals surface area contributed by atoms with Crippen LogP contribution in [0.1, 0.15) is 22.3 Å². The second kappa shape index (κ2) is 6.39. The molecule has 0 aliphatic carbocycles. The van der Waals surface area contributed by atoms with Gasteiger partial charge in [-0.3, -0.25) is 4.90 Å². The first-order valence-electron chi connectivity index (χ1n) is 6.28. The summed E-state index contributed by atoms with van der Waals surface area (Å²) in [6.07, 6.45) is 0. The molecule has 0 amide bonds.